The third kappa shape index (κ3) is 3.86. The van der Waals surface area contributed by atoms with Gasteiger partial charge in [0.1, 0.15) is 17.3 Å². The zero-order chi connectivity index (χ0) is 16.9. The summed E-state index contributed by atoms with van der Waals surface area (Å²) >= 11 is 0. The molecule has 3 N–H and O–H groups in total. The Morgan fingerprint density at radius 1 is 1.17 bits per heavy atom. The number of aromatic nitrogens is 2. The number of nitrogens with zero attached hydrogens (tertiary/aromatic N) is 2. The van der Waals surface area contributed by atoms with Crippen molar-refractivity contribution in [3.05, 3.63) is 30.0 Å². The van der Waals surface area contributed by atoms with Crippen molar-refractivity contribution < 1.29 is 14.6 Å². The van der Waals surface area contributed by atoms with Crippen LogP contribution in [0.1, 0.15) is 24.5 Å². The van der Waals surface area contributed by atoms with Crippen LogP contribution in [0.15, 0.2) is 24.3 Å². The van der Waals surface area contributed by atoms with Gasteiger partial charge in [-0.2, -0.15) is 4.98 Å². The molecular formula is C17H22N4O3. The van der Waals surface area contributed by atoms with Gasteiger partial charge in [0.05, 0.1) is 32.2 Å². The van der Waals surface area contributed by atoms with Crippen molar-refractivity contribution in [3.8, 4) is 11.5 Å². The van der Waals surface area contributed by atoms with Gasteiger partial charge >= 0.3 is 0 Å². The molecule has 24 heavy (non-hydrogen) atoms. The van der Waals surface area contributed by atoms with Crippen LogP contribution in [0.3, 0.4) is 0 Å². The molecule has 1 aromatic carbocycles. The second-order valence-electron chi connectivity index (χ2n) is 5.62. The number of methoxy groups -OCH3 is 2. The third-order valence-electron chi connectivity index (χ3n) is 3.81. The van der Waals surface area contributed by atoms with Gasteiger partial charge in [0.15, 0.2) is 0 Å². The molecule has 1 fully saturated rings. The fourth-order valence-corrected chi connectivity index (χ4v) is 2.40. The molecule has 0 unspecified atom stereocenters. The maximum absolute atomic E-state index is 8.98. The average molecular weight is 330 g/mol. The molecule has 0 radical (unpaired) electrons. The summed E-state index contributed by atoms with van der Waals surface area (Å²) in [5.41, 5.74) is 1.81. The Bertz CT molecular complexity index is 704. The maximum atomic E-state index is 8.98. The van der Waals surface area contributed by atoms with Crippen molar-refractivity contribution in [1.82, 2.24) is 9.97 Å². The summed E-state index contributed by atoms with van der Waals surface area (Å²) in [5.74, 6) is 3.11. The minimum Gasteiger partial charge on any atom is -0.497 e. The number of benzene rings is 1. The second-order valence-corrected chi connectivity index (χ2v) is 5.62. The van der Waals surface area contributed by atoms with Crippen LogP contribution in [-0.4, -0.2) is 42.4 Å². The number of rotatable bonds is 8. The quantitative estimate of drug-likeness (QED) is 0.685. The normalized spacial score (nSPS) is 13.5. The Balaban J connectivity index is 1.87. The summed E-state index contributed by atoms with van der Waals surface area (Å²) in [6, 6.07) is 7.53. The molecule has 128 valence electrons. The fourth-order valence-electron chi connectivity index (χ4n) is 2.40. The van der Waals surface area contributed by atoms with E-state index in [0.29, 0.717) is 30.0 Å². The molecule has 0 amide bonds. The number of hydrogen-bond acceptors (Lipinski definition) is 7. The van der Waals surface area contributed by atoms with Crippen molar-refractivity contribution in [3.63, 3.8) is 0 Å². The number of nitrogens with one attached hydrogen (secondary N) is 2. The zero-order valence-electron chi connectivity index (χ0n) is 13.9. The van der Waals surface area contributed by atoms with E-state index in [1.54, 1.807) is 14.2 Å². The van der Waals surface area contributed by atoms with E-state index < -0.39 is 0 Å². The van der Waals surface area contributed by atoms with E-state index in [-0.39, 0.29) is 6.61 Å². The Kier molecular flexibility index (Phi) is 5.00. The van der Waals surface area contributed by atoms with E-state index in [0.717, 1.165) is 30.0 Å². The van der Waals surface area contributed by atoms with Gasteiger partial charge in [-0.1, -0.05) is 0 Å². The molecule has 1 saturated carbocycles. The molecule has 1 heterocycles. The van der Waals surface area contributed by atoms with E-state index in [4.69, 9.17) is 14.6 Å². The average Bonchev–Trinajstić information content (AvgIpc) is 3.45. The van der Waals surface area contributed by atoms with Crippen molar-refractivity contribution in [2.24, 2.45) is 0 Å². The lowest BCUT2D eigenvalue weighted by atomic mass is 10.2. The summed E-state index contributed by atoms with van der Waals surface area (Å²) < 4.78 is 10.6. The number of hydrogen-bond donors (Lipinski definition) is 3. The largest absolute Gasteiger partial charge is 0.497 e. The molecule has 3 rings (SSSR count). The third-order valence-corrected chi connectivity index (χ3v) is 3.81. The molecule has 1 aromatic heterocycles. The molecule has 0 saturated heterocycles. The summed E-state index contributed by atoms with van der Waals surface area (Å²) in [5, 5.41) is 15.3. The predicted molar refractivity (Wildman–Crippen MR) is 92.4 cm³/mol. The first-order chi connectivity index (χ1) is 11.7. The predicted octanol–water partition coefficient (Wildman–Crippen LogP) is 2.52. The van der Waals surface area contributed by atoms with E-state index >= 15 is 0 Å². The van der Waals surface area contributed by atoms with Crippen LogP contribution in [0.25, 0.3) is 0 Å². The van der Waals surface area contributed by atoms with Gasteiger partial charge in [-0.05, 0) is 25.0 Å². The van der Waals surface area contributed by atoms with Crippen molar-refractivity contribution in [1.29, 1.82) is 0 Å². The van der Waals surface area contributed by atoms with Crippen molar-refractivity contribution in [2.75, 3.05) is 38.0 Å². The van der Waals surface area contributed by atoms with E-state index in [9.17, 15) is 0 Å². The Hall–Kier alpha value is -2.54. The minimum atomic E-state index is 0.0338. The van der Waals surface area contributed by atoms with Gasteiger partial charge in [0.2, 0.25) is 5.95 Å². The molecule has 1 aliphatic rings. The molecule has 0 bridgehead atoms. The highest BCUT2D eigenvalue weighted by atomic mass is 16.5. The van der Waals surface area contributed by atoms with Crippen molar-refractivity contribution in [2.45, 2.75) is 18.8 Å². The first kappa shape index (κ1) is 16.3. The van der Waals surface area contributed by atoms with Gasteiger partial charge in [-0.25, -0.2) is 4.98 Å². The molecule has 2 aromatic rings. The number of anilines is 3. The highest BCUT2D eigenvalue weighted by Gasteiger charge is 2.26. The molecule has 0 spiro atoms. The van der Waals surface area contributed by atoms with Crippen LogP contribution in [0.4, 0.5) is 17.5 Å². The minimum absolute atomic E-state index is 0.0338. The molecule has 7 heteroatoms. The number of ether oxygens (including phenoxy) is 2. The van der Waals surface area contributed by atoms with Gasteiger partial charge in [0.25, 0.3) is 0 Å². The van der Waals surface area contributed by atoms with Crippen molar-refractivity contribution >= 4 is 17.5 Å². The molecule has 1 aliphatic carbocycles. The number of aliphatic hydroxyl groups excluding tert-OH is 1. The van der Waals surface area contributed by atoms with Crippen LogP contribution >= 0.6 is 0 Å². The maximum Gasteiger partial charge on any atom is 0.224 e. The van der Waals surface area contributed by atoms with Gasteiger partial charge in [-0.3, -0.25) is 0 Å². The van der Waals surface area contributed by atoms with Crippen LogP contribution in [0.2, 0.25) is 0 Å². The monoisotopic (exact) mass is 330 g/mol. The van der Waals surface area contributed by atoms with Crippen LogP contribution in [-0.2, 0) is 0 Å². The SMILES string of the molecule is COc1ccc(Nc2cc(C3CC3)nc(NCCO)n2)c(OC)c1. The first-order valence-electron chi connectivity index (χ1n) is 7.96. The molecular weight excluding hydrogens is 308 g/mol. The van der Waals surface area contributed by atoms with E-state index in [1.165, 1.54) is 0 Å². The lowest BCUT2D eigenvalue weighted by Crippen LogP contribution is -2.10. The Morgan fingerprint density at radius 3 is 2.67 bits per heavy atom. The fraction of sp³-hybridized carbons (Fsp3) is 0.412. The van der Waals surface area contributed by atoms with Crippen LogP contribution in [0.5, 0.6) is 11.5 Å². The van der Waals surface area contributed by atoms with Gasteiger partial charge in [-0.15, -0.1) is 0 Å². The van der Waals surface area contributed by atoms with E-state index in [1.807, 2.05) is 24.3 Å². The smallest absolute Gasteiger partial charge is 0.224 e. The highest BCUT2D eigenvalue weighted by Crippen LogP contribution is 2.40. The summed E-state index contributed by atoms with van der Waals surface area (Å²) in [4.78, 5) is 8.98. The van der Waals surface area contributed by atoms with Gasteiger partial charge < -0.3 is 25.2 Å². The standard InChI is InChI=1S/C17H22N4O3/c1-23-12-5-6-13(15(9-12)24-2)19-16-10-14(11-3-4-11)20-17(21-16)18-7-8-22/h5-6,9-11,22H,3-4,7-8H2,1-2H3,(H2,18,19,20,21). The molecule has 0 atom stereocenters. The molecule has 0 aliphatic heterocycles. The first-order valence-corrected chi connectivity index (χ1v) is 7.96. The lowest BCUT2D eigenvalue weighted by Gasteiger charge is -2.14. The summed E-state index contributed by atoms with van der Waals surface area (Å²) in [6.45, 7) is 0.450. The topological polar surface area (TPSA) is 88.5 Å². The Morgan fingerprint density at radius 2 is 2.00 bits per heavy atom. The number of aliphatic hydroxyl groups is 1. The zero-order valence-corrected chi connectivity index (χ0v) is 13.9. The summed E-state index contributed by atoms with van der Waals surface area (Å²) in [6.07, 6.45) is 2.31. The highest BCUT2D eigenvalue weighted by molar-refractivity contribution is 5.66. The Labute approximate surface area is 141 Å². The second kappa shape index (κ2) is 7.35. The van der Waals surface area contributed by atoms with Crippen LogP contribution < -0.4 is 20.1 Å². The van der Waals surface area contributed by atoms with Crippen LogP contribution in [0, 0.1) is 0 Å². The summed E-state index contributed by atoms with van der Waals surface area (Å²) in [7, 11) is 3.23. The lowest BCUT2D eigenvalue weighted by molar-refractivity contribution is 0.311. The molecule has 7 nitrogen and oxygen atoms in total. The van der Waals surface area contributed by atoms with Gasteiger partial charge in [0, 0.05) is 24.6 Å². The van der Waals surface area contributed by atoms with E-state index in [2.05, 4.69) is 20.6 Å².